The summed E-state index contributed by atoms with van der Waals surface area (Å²) in [7, 11) is 0. The Morgan fingerprint density at radius 2 is 2.05 bits per heavy atom. The van der Waals surface area contributed by atoms with E-state index in [-0.39, 0.29) is 0 Å². The van der Waals surface area contributed by atoms with Crippen molar-refractivity contribution in [3.63, 3.8) is 0 Å². The molecule has 1 aliphatic carbocycles. The summed E-state index contributed by atoms with van der Waals surface area (Å²) in [5, 5.41) is 8.43. The molecule has 110 valence electrons. The zero-order valence-electron chi connectivity index (χ0n) is 12.3. The second-order valence-electron chi connectivity index (χ2n) is 5.31. The van der Waals surface area contributed by atoms with Crippen LogP contribution in [0, 0.1) is 5.92 Å². The van der Waals surface area contributed by atoms with Gasteiger partial charge in [-0.3, -0.25) is 0 Å². The van der Waals surface area contributed by atoms with Crippen LogP contribution in [-0.2, 0) is 12.8 Å². The van der Waals surface area contributed by atoms with Gasteiger partial charge in [0.25, 0.3) is 0 Å². The first kappa shape index (κ1) is 15.2. The summed E-state index contributed by atoms with van der Waals surface area (Å²) in [5.74, 6) is 1.32. The normalized spacial score (nSPS) is 14.9. The number of hydrogen-bond donors (Lipinski definition) is 1. The lowest BCUT2D eigenvalue weighted by atomic mass is 9.83. The fourth-order valence-electron chi connectivity index (χ4n) is 2.61. The summed E-state index contributed by atoms with van der Waals surface area (Å²) >= 11 is 5.18. The third kappa shape index (κ3) is 3.26. The molecule has 0 aromatic carbocycles. The molecule has 1 heterocycles. The average molecular weight is 293 g/mol. The fraction of sp³-hybridized carbons (Fsp3) is 0.667. The molecule has 1 aromatic heterocycles. The highest BCUT2D eigenvalue weighted by atomic mass is 32.1. The fourth-order valence-corrected chi connectivity index (χ4v) is 2.82. The molecule has 0 bridgehead atoms. The number of rotatable bonds is 7. The van der Waals surface area contributed by atoms with Gasteiger partial charge in [-0.05, 0) is 30.7 Å². The first-order valence-electron chi connectivity index (χ1n) is 7.48. The SMILES string of the molecule is CCc1nnc(OCCC2CCC2)c(C(N)=S)c1CC. The van der Waals surface area contributed by atoms with Gasteiger partial charge < -0.3 is 10.5 Å². The Morgan fingerprint density at radius 1 is 1.30 bits per heavy atom. The maximum absolute atomic E-state index is 5.87. The van der Waals surface area contributed by atoms with E-state index in [4.69, 9.17) is 22.7 Å². The second-order valence-corrected chi connectivity index (χ2v) is 5.75. The third-order valence-electron chi connectivity index (χ3n) is 4.05. The van der Waals surface area contributed by atoms with Gasteiger partial charge in [0.15, 0.2) is 0 Å². The predicted octanol–water partition coefficient (Wildman–Crippen LogP) is 2.80. The van der Waals surface area contributed by atoms with E-state index < -0.39 is 0 Å². The Balaban J connectivity index is 2.15. The van der Waals surface area contributed by atoms with Crippen molar-refractivity contribution in [2.75, 3.05) is 6.61 Å². The highest BCUT2D eigenvalue weighted by Crippen LogP contribution is 2.30. The van der Waals surface area contributed by atoms with Crippen molar-refractivity contribution in [3.8, 4) is 5.88 Å². The number of aromatic nitrogens is 2. The van der Waals surface area contributed by atoms with Gasteiger partial charge in [0, 0.05) is 0 Å². The highest BCUT2D eigenvalue weighted by molar-refractivity contribution is 7.80. The standard InChI is InChI=1S/C15H23N3OS/c1-3-11-12(4-2)17-18-15(13(11)14(16)20)19-9-8-10-6-5-7-10/h10H,3-9H2,1-2H3,(H2,16,20). The first-order chi connectivity index (χ1) is 9.67. The molecule has 0 spiro atoms. The number of thiocarbonyl (C=S) groups is 1. The van der Waals surface area contributed by atoms with Crippen LogP contribution in [0.15, 0.2) is 0 Å². The molecule has 0 aliphatic heterocycles. The van der Waals surface area contributed by atoms with Crippen LogP contribution in [0.4, 0.5) is 0 Å². The maximum atomic E-state index is 5.87. The summed E-state index contributed by atoms with van der Waals surface area (Å²) in [4.78, 5) is 0.352. The molecule has 4 nitrogen and oxygen atoms in total. The lowest BCUT2D eigenvalue weighted by Gasteiger charge is -2.25. The molecule has 0 radical (unpaired) electrons. The van der Waals surface area contributed by atoms with Gasteiger partial charge >= 0.3 is 0 Å². The number of ether oxygens (including phenoxy) is 1. The number of aryl methyl sites for hydroxylation is 1. The van der Waals surface area contributed by atoms with Gasteiger partial charge in [0.2, 0.25) is 5.88 Å². The summed E-state index contributed by atoms with van der Waals surface area (Å²) in [6, 6.07) is 0. The molecule has 1 fully saturated rings. The van der Waals surface area contributed by atoms with Crippen molar-refractivity contribution < 1.29 is 4.74 Å². The van der Waals surface area contributed by atoms with E-state index in [1.165, 1.54) is 19.3 Å². The van der Waals surface area contributed by atoms with Crippen molar-refractivity contribution in [1.29, 1.82) is 0 Å². The Kier molecular flexibility index (Phi) is 5.29. The van der Waals surface area contributed by atoms with Crippen molar-refractivity contribution in [2.45, 2.75) is 52.4 Å². The van der Waals surface area contributed by atoms with Crippen LogP contribution >= 0.6 is 12.2 Å². The van der Waals surface area contributed by atoms with Crippen molar-refractivity contribution >= 4 is 17.2 Å². The van der Waals surface area contributed by atoms with Crippen LogP contribution in [0.25, 0.3) is 0 Å². The largest absolute Gasteiger partial charge is 0.476 e. The summed E-state index contributed by atoms with van der Waals surface area (Å²) in [6.45, 7) is 4.81. The monoisotopic (exact) mass is 293 g/mol. The molecule has 2 rings (SSSR count). The minimum atomic E-state index is 0.352. The van der Waals surface area contributed by atoms with Gasteiger partial charge in [-0.2, -0.15) is 5.10 Å². The van der Waals surface area contributed by atoms with Crippen LogP contribution in [-0.4, -0.2) is 21.8 Å². The Hall–Kier alpha value is -1.23. The molecule has 2 N–H and O–H groups in total. The maximum Gasteiger partial charge on any atom is 0.244 e. The van der Waals surface area contributed by atoms with E-state index in [0.717, 1.165) is 42.0 Å². The van der Waals surface area contributed by atoms with E-state index in [9.17, 15) is 0 Å². The zero-order valence-corrected chi connectivity index (χ0v) is 13.1. The van der Waals surface area contributed by atoms with Crippen LogP contribution in [0.5, 0.6) is 5.88 Å². The van der Waals surface area contributed by atoms with E-state index in [0.29, 0.717) is 17.5 Å². The van der Waals surface area contributed by atoms with Crippen LogP contribution < -0.4 is 10.5 Å². The molecule has 1 aliphatic rings. The molecule has 20 heavy (non-hydrogen) atoms. The Bertz CT molecular complexity index is 486. The smallest absolute Gasteiger partial charge is 0.244 e. The van der Waals surface area contributed by atoms with E-state index >= 15 is 0 Å². The molecule has 0 saturated heterocycles. The molecule has 1 aromatic rings. The predicted molar refractivity (Wildman–Crippen MR) is 84.1 cm³/mol. The van der Waals surface area contributed by atoms with Crippen LogP contribution in [0.3, 0.4) is 0 Å². The highest BCUT2D eigenvalue weighted by Gasteiger charge is 2.20. The molecule has 5 heteroatoms. The van der Waals surface area contributed by atoms with E-state index in [1.807, 2.05) is 0 Å². The number of nitrogens with two attached hydrogens (primary N) is 1. The average Bonchev–Trinajstić information content (AvgIpc) is 2.40. The van der Waals surface area contributed by atoms with Gasteiger partial charge in [-0.1, -0.05) is 45.3 Å². The molecular formula is C15H23N3OS. The summed E-state index contributed by atoms with van der Waals surface area (Å²) in [5.41, 5.74) is 8.68. The Labute approximate surface area is 126 Å². The Morgan fingerprint density at radius 3 is 2.55 bits per heavy atom. The lowest BCUT2D eigenvalue weighted by Crippen LogP contribution is -2.20. The van der Waals surface area contributed by atoms with Gasteiger partial charge in [-0.25, -0.2) is 0 Å². The minimum Gasteiger partial charge on any atom is -0.476 e. The van der Waals surface area contributed by atoms with Crippen LogP contribution in [0.1, 0.15) is 56.4 Å². The molecule has 0 atom stereocenters. The van der Waals surface area contributed by atoms with E-state index in [1.54, 1.807) is 0 Å². The number of nitrogens with zero attached hydrogens (tertiary/aromatic N) is 2. The van der Waals surface area contributed by atoms with Crippen LogP contribution in [0.2, 0.25) is 0 Å². The third-order valence-corrected chi connectivity index (χ3v) is 4.25. The van der Waals surface area contributed by atoms with Crippen molar-refractivity contribution in [2.24, 2.45) is 11.7 Å². The summed E-state index contributed by atoms with van der Waals surface area (Å²) < 4.78 is 5.81. The van der Waals surface area contributed by atoms with Crippen molar-refractivity contribution in [3.05, 3.63) is 16.8 Å². The van der Waals surface area contributed by atoms with Crippen molar-refractivity contribution in [1.82, 2.24) is 10.2 Å². The first-order valence-corrected chi connectivity index (χ1v) is 7.89. The number of hydrogen-bond acceptors (Lipinski definition) is 4. The quantitative estimate of drug-likeness (QED) is 0.783. The van der Waals surface area contributed by atoms with Gasteiger partial charge in [-0.15, -0.1) is 5.10 Å². The second kappa shape index (κ2) is 6.97. The van der Waals surface area contributed by atoms with Gasteiger partial charge in [0.1, 0.15) is 4.99 Å². The summed E-state index contributed by atoms with van der Waals surface area (Å²) in [6.07, 6.45) is 6.75. The molecule has 0 unspecified atom stereocenters. The zero-order chi connectivity index (χ0) is 14.5. The van der Waals surface area contributed by atoms with E-state index in [2.05, 4.69) is 24.0 Å². The molecular weight excluding hydrogens is 270 g/mol. The topological polar surface area (TPSA) is 61.0 Å². The molecule has 1 saturated carbocycles. The minimum absolute atomic E-state index is 0.352. The lowest BCUT2D eigenvalue weighted by molar-refractivity contribution is 0.215. The van der Waals surface area contributed by atoms with Gasteiger partial charge in [0.05, 0.1) is 17.9 Å². The molecule has 0 amide bonds.